The van der Waals surface area contributed by atoms with E-state index in [4.69, 9.17) is 9.47 Å². The Kier molecular flexibility index (Phi) is 4.41. The van der Waals surface area contributed by atoms with Crippen LogP contribution < -0.4 is 0 Å². The van der Waals surface area contributed by atoms with Crippen LogP contribution in [0.3, 0.4) is 0 Å². The Morgan fingerprint density at radius 3 is 2.90 bits per heavy atom. The van der Waals surface area contributed by atoms with Crippen LogP contribution in [0.1, 0.15) is 23.0 Å². The van der Waals surface area contributed by atoms with Crippen molar-refractivity contribution >= 4 is 5.97 Å². The molecule has 2 aromatic heterocycles. The van der Waals surface area contributed by atoms with Crippen molar-refractivity contribution in [1.29, 1.82) is 0 Å². The van der Waals surface area contributed by atoms with Crippen molar-refractivity contribution in [3.05, 3.63) is 35.4 Å². The molecule has 0 bridgehead atoms. The minimum absolute atomic E-state index is 0.00541. The maximum Gasteiger partial charge on any atom is 0.342 e. The highest BCUT2D eigenvalue weighted by atomic mass is 19.1. The molecule has 0 aliphatic carbocycles. The third-order valence-corrected chi connectivity index (χ3v) is 2.59. The summed E-state index contributed by atoms with van der Waals surface area (Å²) in [5.74, 6) is -1.15. The first-order chi connectivity index (χ1) is 9.69. The van der Waals surface area contributed by atoms with E-state index in [0.717, 1.165) is 0 Å². The van der Waals surface area contributed by atoms with Crippen LogP contribution >= 0.6 is 0 Å². The number of aromatic nitrogens is 3. The van der Waals surface area contributed by atoms with E-state index >= 15 is 0 Å². The number of aromatic amines is 1. The lowest BCUT2D eigenvalue weighted by Crippen LogP contribution is -2.09. The molecule has 2 rings (SSSR count). The van der Waals surface area contributed by atoms with Crippen molar-refractivity contribution in [1.82, 2.24) is 15.2 Å². The van der Waals surface area contributed by atoms with Gasteiger partial charge in [0.05, 0.1) is 18.9 Å². The first-order valence-corrected chi connectivity index (χ1v) is 6.03. The number of rotatable bonds is 5. The third kappa shape index (κ3) is 2.67. The van der Waals surface area contributed by atoms with Crippen LogP contribution in [0.15, 0.2) is 18.3 Å². The van der Waals surface area contributed by atoms with Crippen molar-refractivity contribution in [2.75, 3.05) is 13.7 Å². The van der Waals surface area contributed by atoms with Gasteiger partial charge < -0.3 is 9.47 Å². The lowest BCUT2D eigenvalue weighted by atomic mass is 10.1. The molecule has 2 aromatic rings. The number of hydrogen-bond donors (Lipinski definition) is 1. The van der Waals surface area contributed by atoms with Gasteiger partial charge in [-0.2, -0.15) is 5.10 Å². The Balaban J connectivity index is 2.53. The van der Waals surface area contributed by atoms with Crippen molar-refractivity contribution in [3.8, 4) is 11.4 Å². The summed E-state index contributed by atoms with van der Waals surface area (Å²) in [4.78, 5) is 15.9. The van der Waals surface area contributed by atoms with E-state index in [1.165, 1.54) is 25.4 Å². The Morgan fingerprint density at radius 2 is 2.25 bits per heavy atom. The summed E-state index contributed by atoms with van der Waals surface area (Å²) in [5.41, 5.74) is 0.681. The largest absolute Gasteiger partial charge is 0.462 e. The van der Waals surface area contributed by atoms with E-state index in [0.29, 0.717) is 5.69 Å². The van der Waals surface area contributed by atoms with Crippen molar-refractivity contribution in [2.45, 2.75) is 13.5 Å². The minimum Gasteiger partial charge on any atom is -0.462 e. The van der Waals surface area contributed by atoms with Crippen LogP contribution in [-0.4, -0.2) is 34.9 Å². The molecular formula is C13H14FN3O3. The number of H-pyrrole nitrogens is 1. The average Bonchev–Trinajstić information content (AvgIpc) is 2.83. The normalized spacial score (nSPS) is 10.6. The fourth-order valence-corrected chi connectivity index (χ4v) is 1.78. The van der Waals surface area contributed by atoms with Crippen LogP contribution in [0, 0.1) is 5.82 Å². The zero-order valence-corrected chi connectivity index (χ0v) is 11.1. The molecule has 7 heteroatoms. The first-order valence-electron chi connectivity index (χ1n) is 6.03. The molecule has 0 aliphatic rings. The number of halogens is 1. The molecule has 0 fully saturated rings. The number of hydrogen-bond acceptors (Lipinski definition) is 5. The predicted molar refractivity (Wildman–Crippen MR) is 68.4 cm³/mol. The lowest BCUT2D eigenvalue weighted by molar-refractivity contribution is 0.0522. The zero-order chi connectivity index (χ0) is 14.5. The average molecular weight is 279 g/mol. The highest BCUT2D eigenvalue weighted by Gasteiger charge is 2.25. The minimum atomic E-state index is -0.589. The zero-order valence-electron chi connectivity index (χ0n) is 11.1. The molecule has 0 atom stereocenters. The van der Waals surface area contributed by atoms with E-state index in [-0.39, 0.29) is 30.2 Å². The molecule has 0 aromatic carbocycles. The molecule has 6 nitrogen and oxygen atoms in total. The van der Waals surface area contributed by atoms with E-state index in [2.05, 4.69) is 15.2 Å². The molecule has 2 heterocycles. The Hall–Kier alpha value is -2.28. The second kappa shape index (κ2) is 6.25. The molecule has 0 amide bonds. The fraction of sp³-hybridized carbons (Fsp3) is 0.308. The summed E-state index contributed by atoms with van der Waals surface area (Å²) in [5, 5.41) is 6.62. The van der Waals surface area contributed by atoms with Crippen LogP contribution in [0.25, 0.3) is 11.4 Å². The quantitative estimate of drug-likeness (QED) is 0.846. The fourth-order valence-electron chi connectivity index (χ4n) is 1.78. The summed E-state index contributed by atoms with van der Waals surface area (Å²) in [6, 6.07) is 2.72. The predicted octanol–water partition coefficient (Wildman–Crippen LogP) is 1.93. The van der Waals surface area contributed by atoms with E-state index in [9.17, 15) is 9.18 Å². The molecule has 0 radical (unpaired) electrons. The highest BCUT2D eigenvalue weighted by Crippen LogP contribution is 2.25. The Labute approximate surface area is 114 Å². The Morgan fingerprint density at radius 1 is 1.45 bits per heavy atom. The number of nitrogens with one attached hydrogen (secondary N) is 1. The standard InChI is InChI=1S/C13H14FN3O3/c1-3-20-13(18)10-9(7-19-2)16-17-12(10)11-8(14)5-4-6-15-11/h4-6H,3,7H2,1-2H3,(H,16,17). The van der Waals surface area contributed by atoms with Crippen LogP contribution in [0.2, 0.25) is 0 Å². The van der Waals surface area contributed by atoms with Crippen molar-refractivity contribution in [3.63, 3.8) is 0 Å². The molecule has 0 saturated carbocycles. The van der Waals surface area contributed by atoms with Crippen molar-refractivity contribution in [2.24, 2.45) is 0 Å². The van der Waals surface area contributed by atoms with Gasteiger partial charge in [-0.05, 0) is 19.1 Å². The summed E-state index contributed by atoms with van der Waals surface area (Å²) < 4.78 is 23.8. The number of carbonyl (C=O) groups is 1. The molecule has 0 saturated heterocycles. The molecule has 1 N–H and O–H groups in total. The number of carbonyl (C=O) groups excluding carboxylic acids is 1. The van der Waals surface area contributed by atoms with Crippen LogP contribution in [0.4, 0.5) is 4.39 Å². The SMILES string of the molecule is CCOC(=O)c1c(-c2ncccc2F)n[nH]c1COC. The van der Waals surface area contributed by atoms with Crippen LogP contribution in [-0.2, 0) is 16.1 Å². The molecule has 20 heavy (non-hydrogen) atoms. The van der Waals surface area contributed by atoms with Gasteiger partial charge in [0, 0.05) is 13.3 Å². The topological polar surface area (TPSA) is 77.1 Å². The summed E-state index contributed by atoms with van der Waals surface area (Å²) in [7, 11) is 1.48. The summed E-state index contributed by atoms with van der Waals surface area (Å²) in [6.45, 7) is 2.03. The smallest absolute Gasteiger partial charge is 0.342 e. The van der Waals surface area contributed by atoms with Crippen molar-refractivity contribution < 1.29 is 18.7 Å². The second-order valence-corrected chi connectivity index (χ2v) is 3.91. The number of methoxy groups -OCH3 is 1. The highest BCUT2D eigenvalue weighted by molar-refractivity contribution is 5.97. The van der Waals surface area contributed by atoms with Gasteiger partial charge in [-0.1, -0.05) is 0 Å². The van der Waals surface area contributed by atoms with Gasteiger partial charge in [-0.15, -0.1) is 0 Å². The third-order valence-electron chi connectivity index (χ3n) is 2.59. The number of nitrogens with zero attached hydrogens (tertiary/aromatic N) is 2. The van der Waals surface area contributed by atoms with Gasteiger partial charge >= 0.3 is 5.97 Å². The molecule has 0 spiro atoms. The molecular weight excluding hydrogens is 265 g/mol. The maximum absolute atomic E-state index is 13.8. The van der Waals surface area contributed by atoms with Gasteiger partial charge in [-0.25, -0.2) is 9.18 Å². The van der Waals surface area contributed by atoms with Crippen LogP contribution in [0.5, 0.6) is 0 Å². The maximum atomic E-state index is 13.8. The van der Waals surface area contributed by atoms with E-state index < -0.39 is 11.8 Å². The van der Waals surface area contributed by atoms with E-state index in [1.54, 1.807) is 6.92 Å². The summed E-state index contributed by atoms with van der Waals surface area (Å²) >= 11 is 0. The first kappa shape index (κ1) is 14.1. The molecule has 0 unspecified atom stereocenters. The van der Waals surface area contributed by atoms with Gasteiger partial charge in [0.25, 0.3) is 0 Å². The summed E-state index contributed by atoms with van der Waals surface area (Å²) in [6.07, 6.45) is 1.43. The van der Waals surface area contributed by atoms with Gasteiger partial charge in [0.1, 0.15) is 17.0 Å². The van der Waals surface area contributed by atoms with Gasteiger partial charge in [0.2, 0.25) is 0 Å². The number of pyridine rings is 1. The number of esters is 1. The second-order valence-electron chi connectivity index (χ2n) is 3.91. The number of ether oxygens (including phenoxy) is 2. The lowest BCUT2D eigenvalue weighted by Gasteiger charge is -2.05. The van der Waals surface area contributed by atoms with E-state index in [1.807, 2.05) is 0 Å². The molecule has 106 valence electrons. The van der Waals surface area contributed by atoms with Gasteiger partial charge in [0.15, 0.2) is 5.82 Å². The molecule has 0 aliphatic heterocycles. The Bertz CT molecular complexity index is 613. The monoisotopic (exact) mass is 279 g/mol. The van der Waals surface area contributed by atoms with Gasteiger partial charge in [-0.3, -0.25) is 10.1 Å².